The van der Waals surface area contributed by atoms with E-state index in [9.17, 15) is 9.90 Å². The zero-order chi connectivity index (χ0) is 12.6. The molecule has 0 aromatic heterocycles. The van der Waals surface area contributed by atoms with E-state index in [4.69, 9.17) is 0 Å². The first-order chi connectivity index (χ1) is 7.93. The number of hydrogen-bond donors (Lipinski definition) is 2. The molecule has 92 valence electrons. The van der Waals surface area contributed by atoms with Crippen LogP contribution in [-0.4, -0.2) is 17.1 Å². The highest BCUT2D eigenvalue weighted by molar-refractivity contribution is 5.81. The van der Waals surface area contributed by atoms with Gasteiger partial charge in [-0.05, 0) is 44.7 Å². The average Bonchev–Trinajstić information content (AvgIpc) is 3.00. The van der Waals surface area contributed by atoms with Crippen LogP contribution in [0.2, 0.25) is 0 Å². The molecule has 1 aliphatic rings. The van der Waals surface area contributed by atoms with Gasteiger partial charge in [0.2, 0.25) is 0 Å². The number of nitrogens with one attached hydrogen (secondary N) is 1. The van der Waals surface area contributed by atoms with E-state index in [-0.39, 0.29) is 0 Å². The standard InChI is InChI=1S/C14H19NO2/c1-9-4-7-12(10(2)8-9)14(3,13(16)17)15-11-5-6-11/h4,7-8,11,15H,5-6H2,1-3H3,(H,16,17). The molecule has 2 N–H and O–H groups in total. The number of carboxylic acids is 1. The van der Waals surface area contributed by atoms with Crippen LogP contribution in [0.15, 0.2) is 18.2 Å². The Labute approximate surface area is 102 Å². The van der Waals surface area contributed by atoms with Gasteiger partial charge in [-0.25, -0.2) is 4.79 Å². The second-order valence-electron chi connectivity index (χ2n) is 5.17. The van der Waals surface area contributed by atoms with E-state index in [1.807, 2.05) is 32.0 Å². The zero-order valence-electron chi connectivity index (χ0n) is 10.6. The Morgan fingerprint density at radius 3 is 2.53 bits per heavy atom. The first kappa shape index (κ1) is 12.1. The van der Waals surface area contributed by atoms with Gasteiger partial charge in [0.1, 0.15) is 5.54 Å². The van der Waals surface area contributed by atoms with Gasteiger partial charge in [-0.3, -0.25) is 5.32 Å². The molecule has 0 bridgehead atoms. The molecule has 0 radical (unpaired) electrons. The van der Waals surface area contributed by atoms with Crippen LogP contribution in [0, 0.1) is 13.8 Å². The summed E-state index contributed by atoms with van der Waals surface area (Å²) < 4.78 is 0. The third-order valence-electron chi connectivity index (χ3n) is 3.42. The maximum atomic E-state index is 11.6. The first-order valence-corrected chi connectivity index (χ1v) is 6.02. The van der Waals surface area contributed by atoms with E-state index in [1.165, 1.54) is 0 Å². The van der Waals surface area contributed by atoms with E-state index in [1.54, 1.807) is 6.92 Å². The molecule has 1 unspecified atom stereocenters. The zero-order valence-corrected chi connectivity index (χ0v) is 10.6. The lowest BCUT2D eigenvalue weighted by atomic mass is 9.87. The minimum atomic E-state index is -0.973. The van der Waals surface area contributed by atoms with Gasteiger partial charge in [0, 0.05) is 6.04 Å². The third-order valence-corrected chi connectivity index (χ3v) is 3.42. The predicted molar refractivity (Wildman–Crippen MR) is 67.1 cm³/mol. The minimum Gasteiger partial charge on any atom is -0.480 e. The van der Waals surface area contributed by atoms with Crippen molar-refractivity contribution in [2.24, 2.45) is 0 Å². The summed E-state index contributed by atoms with van der Waals surface area (Å²) in [5.41, 5.74) is 2.08. The van der Waals surface area contributed by atoms with E-state index in [0.29, 0.717) is 6.04 Å². The summed E-state index contributed by atoms with van der Waals surface area (Å²) in [6.07, 6.45) is 2.15. The highest BCUT2D eigenvalue weighted by Gasteiger charge is 2.40. The van der Waals surface area contributed by atoms with Crippen molar-refractivity contribution in [3.63, 3.8) is 0 Å². The van der Waals surface area contributed by atoms with Crippen molar-refractivity contribution in [1.82, 2.24) is 5.32 Å². The van der Waals surface area contributed by atoms with Crippen LogP contribution in [0.4, 0.5) is 0 Å². The van der Waals surface area contributed by atoms with Gasteiger partial charge in [-0.15, -0.1) is 0 Å². The quantitative estimate of drug-likeness (QED) is 0.839. The Morgan fingerprint density at radius 2 is 2.06 bits per heavy atom. The fraction of sp³-hybridized carbons (Fsp3) is 0.500. The van der Waals surface area contributed by atoms with Crippen molar-refractivity contribution in [3.8, 4) is 0 Å². The van der Waals surface area contributed by atoms with Gasteiger partial charge < -0.3 is 5.11 Å². The largest absolute Gasteiger partial charge is 0.480 e. The van der Waals surface area contributed by atoms with Crippen molar-refractivity contribution >= 4 is 5.97 Å². The van der Waals surface area contributed by atoms with Crippen LogP contribution in [0.3, 0.4) is 0 Å². The highest BCUT2D eigenvalue weighted by atomic mass is 16.4. The van der Waals surface area contributed by atoms with Gasteiger partial charge >= 0.3 is 5.97 Å². The summed E-state index contributed by atoms with van der Waals surface area (Å²) in [6, 6.07) is 6.29. The molecule has 1 fully saturated rings. The van der Waals surface area contributed by atoms with Crippen LogP contribution in [0.5, 0.6) is 0 Å². The van der Waals surface area contributed by atoms with Gasteiger partial charge in [0.25, 0.3) is 0 Å². The molecule has 1 atom stereocenters. The Kier molecular flexibility index (Phi) is 2.96. The Morgan fingerprint density at radius 1 is 1.41 bits per heavy atom. The molecule has 1 aromatic carbocycles. The smallest absolute Gasteiger partial charge is 0.328 e. The summed E-state index contributed by atoms with van der Waals surface area (Å²) in [5.74, 6) is -0.809. The Bertz CT molecular complexity index is 452. The second-order valence-corrected chi connectivity index (χ2v) is 5.17. The van der Waals surface area contributed by atoms with Crippen LogP contribution in [0.25, 0.3) is 0 Å². The molecule has 0 heterocycles. The maximum Gasteiger partial charge on any atom is 0.328 e. The number of aryl methyl sites for hydroxylation is 2. The number of aliphatic carboxylic acids is 1. The summed E-state index contributed by atoms with van der Waals surface area (Å²) in [6.45, 7) is 5.74. The number of hydrogen-bond acceptors (Lipinski definition) is 2. The lowest BCUT2D eigenvalue weighted by Gasteiger charge is -2.28. The summed E-state index contributed by atoms with van der Waals surface area (Å²) in [4.78, 5) is 11.6. The summed E-state index contributed by atoms with van der Waals surface area (Å²) in [5, 5.41) is 12.7. The van der Waals surface area contributed by atoms with Crippen LogP contribution in [-0.2, 0) is 10.3 Å². The molecule has 1 aromatic rings. The SMILES string of the molecule is Cc1ccc(C(C)(NC2CC2)C(=O)O)c(C)c1. The predicted octanol–water partition coefficient (Wildman–Crippen LogP) is 2.36. The van der Waals surface area contributed by atoms with Gasteiger partial charge in [-0.1, -0.05) is 23.8 Å². The van der Waals surface area contributed by atoms with Crippen molar-refractivity contribution in [1.29, 1.82) is 0 Å². The monoisotopic (exact) mass is 233 g/mol. The number of carboxylic acid groups (broad SMARTS) is 1. The summed E-state index contributed by atoms with van der Waals surface area (Å²) >= 11 is 0. The molecule has 17 heavy (non-hydrogen) atoms. The van der Waals surface area contributed by atoms with Crippen molar-refractivity contribution in [2.45, 2.75) is 45.2 Å². The third kappa shape index (κ3) is 2.34. The van der Waals surface area contributed by atoms with Crippen LogP contribution >= 0.6 is 0 Å². The molecule has 0 spiro atoms. The lowest BCUT2D eigenvalue weighted by Crippen LogP contribution is -2.48. The van der Waals surface area contributed by atoms with E-state index >= 15 is 0 Å². The normalized spacial score (nSPS) is 18.8. The van der Waals surface area contributed by atoms with Gasteiger partial charge in [0.05, 0.1) is 0 Å². The average molecular weight is 233 g/mol. The highest BCUT2D eigenvalue weighted by Crippen LogP contribution is 2.30. The van der Waals surface area contributed by atoms with E-state index in [2.05, 4.69) is 5.32 Å². The second kappa shape index (κ2) is 4.15. The molecule has 1 saturated carbocycles. The molecular formula is C14H19NO2. The van der Waals surface area contributed by atoms with Gasteiger partial charge in [0.15, 0.2) is 0 Å². The lowest BCUT2D eigenvalue weighted by molar-refractivity contribution is -0.144. The van der Waals surface area contributed by atoms with E-state index < -0.39 is 11.5 Å². The molecule has 2 rings (SSSR count). The minimum absolute atomic E-state index is 0.358. The Balaban J connectivity index is 2.40. The van der Waals surface area contributed by atoms with Crippen LogP contribution < -0.4 is 5.32 Å². The molecule has 0 aliphatic heterocycles. The number of benzene rings is 1. The maximum absolute atomic E-state index is 11.6. The Hall–Kier alpha value is -1.35. The fourth-order valence-electron chi connectivity index (χ4n) is 2.27. The number of rotatable bonds is 4. The molecule has 0 amide bonds. The van der Waals surface area contributed by atoms with Crippen molar-refractivity contribution in [3.05, 3.63) is 34.9 Å². The van der Waals surface area contributed by atoms with Crippen molar-refractivity contribution < 1.29 is 9.90 Å². The molecular weight excluding hydrogens is 214 g/mol. The first-order valence-electron chi connectivity index (χ1n) is 6.02. The molecule has 3 nitrogen and oxygen atoms in total. The molecule has 1 aliphatic carbocycles. The fourth-order valence-corrected chi connectivity index (χ4v) is 2.27. The molecule has 0 saturated heterocycles. The van der Waals surface area contributed by atoms with Gasteiger partial charge in [-0.2, -0.15) is 0 Å². The topological polar surface area (TPSA) is 49.3 Å². The summed E-state index contributed by atoms with van der Waals surface area (Å²) in [7, 11) is 0. The van der Waals surface area contributed by atoms with E-state index in [0.717, 1.165) is 29.5 Å². The number of carbonyl (C=O) groups is 1. The molecule has 3 heteroatoms. The van der Waals surface area contributed by atoms with Crippen LogP contribution in [0.1, 0.15) is 36.5 Å². The van der Waals surface area contributed by atoms with Crippen molar-refractivity contribution in [2.75, 3.05) is 0 Å².